The zero-order valence-electron chi connectivity index (χ0n) is 16.6. The van der Waals surface area contributed by atoms with Crippen LogP contribution in [-0.2, 0) is 9.59 Å². The second-order valence-electron chi connectivity index (χ2n) is 7.57. The first-order valence-electron chi connectivity index (χ1n) is 9.18. The summed E-state index contributed by atoms with van der Waals surface area (Å²) in [5, 5.41) is 23.4. The molecule has 0 spiro atoms. The summed E-state index contributed by atoms with van der Waals surface area (Å²) in [6, 6.07) is 3.60. The molecular formula is C20H28N2O6. The Bertz CT molecular complexity index is 651. The van der Waals surface area contributed by atoms with Crippen molar-refractivity contribution in [3.63, 3.8) is 0 Å². The third-order valence-electron chi connectivity index (χ3n) is 4.03. The Balaban J connectivity index is 2.81. The maximum Gasteiger partial charge on any atom is 0.326 e. The third-order valence-corrected chi connectivity index (χ3v) is 4.03. The van der Waals surface area contributed by atoms with Crippen LogP contribution in [-0.4, -0.2) is 46.0 Å². The molecule has 0 bridgehead atoms. The quantitative estimate of drug-likeness (QED) is 0.482. The van der Waals surface area contributed by atoms with Gasteiger partial charge in [0.2, 0.25) is 0 Å². The van der Waals surface area contributed by atoms with Gasteiger partial charge in [0.1, 0.15) is 12.1 Å². The van der Waals surface area contributed by atoms with E-state index < -0.39 is 35.8 Å². The van der Waals surface area contributed by atoms with Gasteiger partial charge in [0.05, 0.1) is 0 Å². The molecule has 1 aromatic carbocycles. The Labute approximate surface area is 164 Å². The van der Waals surface area contributed by atoms with E-state index in [1.165, 1.54) is 24.3 Å². The van der Waals surface area contributed by atoms with E-state index in [9.17, 15) is 29.4 Å². The molecule has 0 saturated carbocycles. The Kier molecular flexibility index (Phi) is 8.63. The summed E-state index contributed by atoms with van der Waals surface area (Å²) < 4.78 is 0. The van der Waals surface area contributed by atoms with Gasteiger partial charge in [0.25, 0.3) is 11.8 Å². The van der Waals surface area contributed by atoms with Crippen LogP contribution in [0.15, 0.2) is 24.3 Å². The fraction of sp³-hybridized carbons (Fsp3) is 0.500. The second-order valence-corrected chi connectivity index (χ2v) is 7.57. The summed E-state index contributed by atoms with van der Waals surface area (Å²) in [7, 11) is 0. The van der Waals surface area contributed by atoms with E-state index in [1.807, 2.05) is 27.7 Å². The molecule has 1 aromatic rings. The zero-order valence-corrected chi connectivity index (χ0v) is 16.6. The second kappa shape index (κ2) is 10.4. The van der Waals surface area contributed by atoms with Crippen LogP contribution in [0.5, 0.6) is 0 Å². The highest BCUT2D eigenvalue weighted by Crippen LogP contribution is 2.10. The minimum absolute atomic E-state index is 0.0977. The van der Waals surface area contributed by atoms with E-state index in [-0.39, 0.29) is 23.0 Å². The van der Waals surface area contributed by atoms with Gasteiger partial charge < -0.3 is 20.8 Å². The van der Waals surface area contributed by atoms with Crippen LogP contribution < -0.4 is 10.6 Å². The highest BCUT2D eigenvalue weighted by atomic mass is 16.4. The number of nitrogens with one attached hydrogen (secondary N) is 2. The molecule has 28 heavy (non-hydrogen) atoms. The summed E-state index contributed by atoms with van der Waals surface area (Å²) in [6.07, 6.45) is 0.599. The fourth-order valence-electron chi connectivity index (χ4n) is 2.64. The minimum Gasteiger partial charge on any atom is -0.480 e. The van der Waals surface area contributed by atoms with E-state index in [0.29, 0.717) is 12.8 Å². The minimum atomic E-state index is -1.11. The maximum absolute atomic E-state index is 12.3. The smallest absolute Gasteiger partial charge is 0.326 e. The Morgan fingerprint density at radius 1 is 0.714 bits per heavy atom. The average molecular weight is 392 g/mol. The van der Waals surface area contributed by atoms with Crippen molar-refractivity contribution >= 4 is 23.8 Å². The SMILES string of the molecule is CC(C)C[C@H](NC(=O)c1ccc(C(=O)N[C@@H](CC(C)C)C(=O)O)cc1)C(=O)O. The highest BCUT2D eigenvalue weighted by Gasteiger charge is 2.23. The van der Waals surface area contributed by atoms with Crippen molar-refractivity contribution in [1.82, 2.24) is 10.6 Å². The molecule has 0 aliphatic carbocycles. The average Bonchev–Trinajstić information content (AvgIpc) is 2.59. The molecule has 0 aliphatic heterocycles. The number of carbonyl (C=O) groups is 4. The van der Waals surface area contributed by atoms with Gasteiger partial charge in [-0.3, -0.25) is 9.59 Å². The zero-order chi connectivity index (χ0) is 21.4. The van der Waals surface area contributed by atoms with Crippen molar-refractivity contribution < 1.29 is 29.4 Å². The lowest BCUT2D eigenvalue weighted by atomic mass is 10.0. The lowest BCUT2D eigenvalue weighted by molar-refractivity contribution is -0.140. The summed E-state index contributed by atoms with van der Waals surface area (Å²) in [5.41, 5.74) is 0.423. The van der Waals surface area contributed by atoms with Crippen molar-refractivity contribution in [3.8, 4) is 0 Å². The molecule has 0 radical (unpaired) electrons. The van der Waals surface area contributed by atoms with Crippen LogP contribution in [0, 0.1) is 11.8 Å². The highest BCUT2D eigenvalue weighted by molar-refractivity contribution is 5.99. The molecule has 0 saturated heterocycles. The first-order valence-corrected chi connectivity index (χ1v) is 9.18. The van der Waals surface area contributed by atoms with Gasteiger partial charge in [-0.15, -0.1) is 0 Å². The van der Waals surface area contributed by atoms with E-state index >= 15 is 0 Å². The van der Waals surface area contributed by atoms with Crippen LogP contribution in [0.25, 0.3) is 0 Å². The first kappa shape index (κ1) is 23.1. The number of amides is 2. The van der Waals surface area contributed by atoms with Gasteiger partial charge in [-0.2, -0.15) is 0 Å². The van der Waals surface area contributed by atoms with Crippen molar-refractivity contribution in [1.29, 1.82) is 0 Å². The summed E-state index contributed by atoms with van der Waals surface area (Å²) >= 11 is 0. The molecule has 0 unspecified atom stereocenters. The number of rotatable bonds is 10. The third kappa shape index (κ3) is 7.38. The monoisotopic (exact) mass is 392 g/mol. The molecule has 8 nitrogen and oxygen atoms in total. The number of aliphatic carboxylic acids is 2. The molecule has 0 fully saturated rings. The van der Waals surface area contributed by atoms with Crippen molar-refractivity contribution in [2.75, 3.05) is 0 Å². The van der Waals surface area contributed by atoms with Gasteiger partial charge in [-0.05, 0) is 48.9 Å². The number of carboxylic acid groups (broad SMARTS) is 2. The van der Waals surface area contributed by atoms with Gasteiger partial charge in [0, 0.05) is 11.1 Å². The van der Waals surface area contributed by atoms with Crippen LogP contribution in [0.4, 0.5) is 0 Å². The molecule has 0 heterocycles. The van der Waals surface area contributed by atoms with Crippen LogP contribution >= 0.6 is 0 Å². The summed E-state index contributed by atoms with van der Waals surface area (Å²) in [5.74, 6) is -3.13. The van der Waals surface area contributed by atoms with Gasteiger partial charge in [-0.25, -0.2) is 9.59 Å². The fourth-order valence-corrected chi connectivity index (χ4v) is 2.64. The Morgan fingerprint density at radius 2 is 1.00 bits per heavy atom. The van der Waals surface area contributed by atoms with Crippen LogP contribution in [0.2, 0.25) is 0 Å². The molecule has 1 rings (SSSR count). The van der Waals surface area contributed by atoms with Crippen LogP contribution in [0.1, 0.15) is 61.3 Å². The molecule has 4 N–H and O–H groups in total. The van der Waals surface area contributed by atoms with Crippen LogP contribution in [0.3, 0.4) is 0 Å². The molecule has 0 aliphatic rings. The molecule has 8 heteroatoms. The first-order chi connectivity index (χ1) is 13.0. The molecule has 0 aromatic heterocycles. The number of carboxylic acids is 2. The molecule has 2 amide bonds. The lowest BCUT2D eigenvalue weighted by Gasteiger charge is -2.17. The lowest BCUT2D eigenvalue weighted by Crippen LogP contribution is -2.42. The summed E-state index contributed by atoms with van der Waals surface area (Å²) in [4.78, 5) is 47.0. The standard InChI is InChI=1S/C20H28N2O6/c1-11(2)9-15(19(25)26)21-17(23)13-5-7-14(8-6-13)18(24)22-16(20(27)28)10-12(3)4/h5-8,11-12,15-16H,9-10H2,1-4H3,(H,21,23)(H,22,24)(H,25,26)(H,27,28)/t15-,16-/m0/s1. The van der Waals surface area contributed by atoms with Crippen molar-refractivity contribution in [2.45, 2.75) is 52.6 Å². The number of carbonyl (C=O) groups excluding carboxylic acids is 2. The Hall–Kier alpha value is -2.90. The Morgan fingerprint density at radius 3 is 1.21 bits per heavy atom. The van der Waals surface area contributed by atoms with E-state index in [1.54, 1.807) is 0 Å². The van der Waals surface area contributed by atoms with Gasteiger partial charge in [0.15, 0.2) is 0 Å². The number of benzene rings is 1. The van der Waals surface area contributed by atoms with Crippen molar-refractivity contribution in [2.24, 2.45) is 11.8 Å². The van der Waals surface area contributed by atoms with Crippen molar-refractivity contribution in [3.05, 3.63) is 35.4 Å². The van der Waals surface area contributed by atoms with Gasteiger partial charge >= 0.3 is 11.9 Å². The topological polar surface area (TPSA) is 133 Å². The molecule has 2 atom stereocenters. The predicted octanol–water partition coefficient (Wildman–Crippen LogP) is 2.14. The largest absolute Gasteiger partial charge is 0.480 e. The number of hydrogen-bond donors (Lipinski definition) is 4. The van der Waals surface area contributed by atoms with E-state index in [4.69, 9.17) is 0 Å². The summed E-state index contributed by atoms with van der Waals surface area (Å²) in [6.45, 7) is 7.44. The molecular weight excluding hydrogens is 364 g/mol. The molecule has 154 valence electrons. The van der Waals surface area contributed by atoms with Gasteiger partial charge in [-0.1, -0.05) is 27.7 Å². The predicted molar refractivity (Wildman–Crippen MR) is 103 cm³/mol. The maximum atomic E-state index is 12.3. The van der Waals surface area contributed by atoms with E-state index in [2.05, 4.69) is 10.6 Å². The number of hydrogen-bond acceptors (Lipinski definition) is 4. The van der Waals surface area contributed by atoms with E-state index in [0.717, 1.165) is 0 Å². The normalized spacial score (nSPS) is 13.1.